The van der Waals surface area contributed by atoms with Gasteiger partial charge in [-0.2, -0.15) is 0 Å². The number of carbonyl (C=O) groups is 2. The fourth-order valence-electron chi connectivity index (χ4n) is 3.09. The van der Waals surface area contributed by atoms with Crippen LogP contribution in [-0.4, -0.2) is 41.3 Å². The number of amides is 2. The molecule has 1 aliphatic rings. The SMILES string of the molecule is O=C(NCCc1cccnc1)C1CC(=O)N(CCc2ccccc2)C1. The highest BCUT2D eigenvalue weighted by Crippen LogP contribution is 2.18. The van der Waals surface area contributed by atoms with Crippen LogP contribution < -0.4 is 5.32 Å². The van der Waals surface area contributed by atoms with Gasteiger partial charge in [0.1, 0.15) is 0 Å². The molecule has 0 aliphatic carbocycles. The Kier molecular flexibility index (Phi) is 5.77. The van der Waals surface area contributed by atoms with Crippen molar-refractivity contribution in [2.24, 2.45) is 5.92 Å². The van der Waals surface area contributed by atoms with Gasteiger partial charge in [-0.1, -0.05) is 36.4 Å². The second-order valence-electron chi connectivity index (χ2n) is 6.38. The van der Waals surface area contributed by atoms with Gasteiger partial charge in [-0.3, -0.25) is 14.6 Å². The summed E-state index contributed by atoms with van der Waals surface area (Å²) in [4.78, 5) is 30.3. The molecule has 0 radical (unpaired) electrons. The molecule has 5 nitrogen and oxygen atoms in total. The normalized spacial score (nSPS) is 16.9. The zero-order valence-electron chi connectivity index (χ0n) is 14.2. The molecular weight excluding hydrogens is 314 g/mol. The standard InChI is InChI=1S/C20H23N3O2/c24-19-13-18(15-23(19)12-9-16-5-2-1-3-6-16)20(25)22-11-8-17-7-4-10-21-14-17/h1-7,10,14,18H,8-9,11-13,15H2,(H,22,25). The van der Waals surface area contributed by atoms with Crippen molar-refractivity contribution in [3.63, 3.8) is 0 Å². The molecule has 1 aromatic carbocycles. The van der Waals surface area contributed by atoms with Crippen LogP contribution in [-0.2, 0) is 22.4 Å². The van der Waals surface area contributed by atoms with Crippen molar-refractivity contribution >= 4 is 11.8 Å². The van der Waals surface area contributed by atoms with Crippen LogP contribution in [0.5, 0.6) is 0 Å². The first-order chi connectivity index (χ1) is 12.2. The van der Waals surface area contributed by atoms with Gasteiger partial charge in [0.05, 0.1) is 5.92 Å². The van der Waals surface area contributed by atoms with Crippen molar-refractivity contribution in [3.05, 3.63) is 66.0 Å². The summed E-state index contributed by atoms with van der Waals surface area (Å²) in [7, 11) is 0. The van der Waals surface area contributed by atoms with Crippen molar-refractivity contribution in [2.75, 3.05) is 19.6 Å². The van der Waals surface area contributed by atoms with Gasteiger partial charge in [0.25, 0.3) is 0 Å². The average molecular weight is 337 g/mol. The van der Waals surface area contributed by atoms with Crippen LogP contribution in [0.15, 0.2) is 54.9 Å². The van der Waals surface area contributed by atoms with Gasteiger partial charge in [-0.05, 0) is 30.0 Å². The predicted octanol–water partition coefficient (Wildman–Crippen LogP) is 1.83. The lowest BCUT2D eigenvalue weighted by Gasteiger charge is -2.16. The smallest absolute Gasteiger partial charge is 0.225 e. The molecule has 1 unspecified atom stereocenters. The summed E-state index contributed by atoms with van der Waals surface area (Å²) < 4.78 is 0. The number of pyridine rings is 1. The first-order valence-electron chi connectivity index (χ1n) is 8.70. The first kappa shape index (κ1) is 17.1. The van der Waals surface area contributed by atoms with Gasteiger partial charge in [0.15, 0.2) is 0 Å². The Morgan fingerprint density at radius 3 is 2.68 bits per heavy atom. The minimum atomic E-state index is -0.239. The Balaban J connectivity index is 1.42. The van der Waals surface area contributed by atoms with Crippen molar-refractivity contribution in [1.82, 2.24) is 15.2 Å². The van der Waals surface area contributed by atoms with Crippen LogP contribution in [0.4, 0.5) is 0 Å². The molecule has 1 aliphatic heterocycles. The quantitative estimate of drug-likeness (QED) is 0.838. The fraction of sp³-hybridized carbons (Fsp3) is 0.350. The number of rotatable bonds is 7. The Morgan fingerprint density at radius 2 is 1.92 bits per heavy atom. The molecule has 1 fully saturated rings. The van der Waals surface area contributed by atoms with E-state index in [9.17, 15) is 9.59 Å². The summed E-state index contributed by atoms with van der Waals surface area (Å²) in [5, 5.41) is 2.94. The van der Waals surface area contributed by atoms with Gasteiger partial charge < -0.3 is 10.2 Å². The third-order valence-electron chi connectivity index (χ3n) is 4.53. The van der Waals surface area contributed by atoms with E-state index in [4.69, 9.17) is 0 Å². The molecule has 1 aromatic heterocycles. The Morgan fingerprint density at radius 1 is 1.12 bits per heavy atom. The van der Waals surface area contributed by atoms with E-state index in [-0.39, 0.29) is 17.7 Å². The summed E-state index contributed by atoms with van der Waals surface area (Å²) in [6, 6.07) is 14.0. The summed E-state index contributed by atoms with van der Waals surface area (Å²) in [6.45, 7) is 1.76. The molecule has 0 spiro atoms. The van der Waals surface area contributed by atoms with Gasteiger partial charge in [-0.15, -0.1) is 0 Å². The van der Waals surface area contributed by atoms with E-state index in [2.05, 4.69) is 22.4 Å². The first-order valence-corrected chi connectivity index (χ1v) is 8.70. The minimum Gasteiger partial charge on any atom is -0.355 e. The second-order valence-corrected chi connectivity index (χ2v) is 6.38. The molecule has 0 saturated carbocycles. The molecule has 1 atom stereocenters. The number of benzene rings is 1. The minimum absolute atomic E-state index is 0.0283. The molecule has 25 heavy (non-hydrogen) atoms. The number of likely N-dealkylation sites (tertiary alicyclic amines) is 1. The van der Waals surface area contributed by atoms with Crippen LogP contribution in [0.1, 0.15) is 17.5 Å². The van der Waals surface area contributed by atoms with E-state index < -0.39 is 0 Å². The van der Waals surface area contributed by atoms with E-state index >= 15 is 0 Å². The number of hydrogen-bond donors (Lipinski definition) is 1. The molecule has 2 aromatic rings. The van der Waals surface area contributed by atoms with Crippen LogP contribution in [0.3, 0.4) is 0 Å². The number of aromatic nitrogens is 1. The molecule has 1 N–H and O–H groups in total. The fourth-order valence-corrected chi connectivity index (χ4v) is 3.09. The number of nitrogens with one attached hydrogen (secondary N) is 1. The largest absolute Gasteiger partial charge is 0.355 e. The van der Waals surface area contributed by atoms with Gasteiger partial charge >= 0.3 is 0 Å². The van der Waals surface area contributed by atoms with Crippen LogP contribution in [0, 0.1) is 5.92 Å². The van der Waals surface area contributed by atoms with E-state index in [0.717, 1.165) is 18.4 Å². The maximum absolute atomic E-state index is 12.3. The van der Waals surface area contributed by atoms with Gasteiger partial charge in [-0.25, -0.2) is 0 Å². The monoisotopic (exact) mass is 337 g/mol. The number of nitrogens with zero attached hydrogens (tertiary/aromatic N) is 2. The number of carbonyl (C=O) groups excluding carboxylic acids is 2. The third kappa shape index (κ3) is 4.89. The van der Waals surface area contributed by atoms with Crippen molar-refractivity contribution in [1.29, 1.82) is 0 Å². The lowest BCUT2D eigenvalue weighted by molar-refractivity contribution is -0.129. The number of hydrogen-bond acceptors (Lipinski definition) is 3. The molecular formula is C20H23N3O2. The zero-order chi connectivity index (χ0) is 17.5. The van der Waals surface area contributed by atoms with Crippen molar-refractivity contribution < 1.29 is 9.59 Å². The lowest BCUT2D eigenvalue weighted by atomic mass is 10.1. The lowest BCUT2D eigenvalue weighted by Crippen LogP contribution is -2.34. The third-order valence-corrected chi connectivity index (χ3v) is 4.53. The van der Waals surface area contributed by atoms with E-state index in [0.29, 0.717) is 26.1 Å². The van der Waals surface area contributed by atoms with Gasteiger partial charge in [0, 0.05) is 38.4 Å². The molecule has 1 saturated heterocycles. The predicted molar refractivity (Wildman–Crippen MR) is 95.8 cm³/mol. The molecule has 2 heterocycles. The summed E-state index contributed by atoms with van der Waals surface area (Å²) in [6.07, 6.45) is 5.42. The molecule has 3 rings (SSSR count). The molecule has 5 heteroatoms. The van der Waals surface area contributed by atoms with Crippen molar-refractivity contribution in [2.45, 2.75) is 19.3 Å². The van der Waals surface area contributed by atoms with Crippen LogP contribution in [0.25, 0.3) is 0 Å². The highest BCUT2D eigenvalue weighted by atomic mass is 16.2. The van der Waals surface area contributed by atoms with E-state index in [1.54, 1.807) is 17.3 Å². The summed E-state index contributed by atoms with van der Waals surface area (Å²) in [5.74, 6) is -0.194. The molecule has 0 bridgehead atoms. The second kappa shape index (κ2) is 8.42. The van der Waals surface area contributed by atoms with E-state index in [1.165, 1.54) is 5.56 Å². The van der Waals surface area contributed by atoms with Gasteiger partial charge in [0.2, 0.25) is 11.8 Å². The van der Waals surface area contributed by atoms with Crippen molar-refractivity contribution in [3.8, 4) is 0 Å². The highest BCUT2D eigenvalue weighted by Gasteiger charge is 2.33. The van der Waals surface area contributed by atoms with Crippen LogP contribution in [0.2, 0.25) is 0 Å². The van der Waals surface area contributed by atoms with E-state index in [1.807, 2.05) is 30.3 Å². The molecule has 130 valence electrons. The summed E-state index contributed by atoms with van der Waals surface area (Å²) >= 11 is 0. The maximum Gasteiger partial charge on any atom is 0.225 e. The Labute approximate surface area is 148 Å². The summed E-state index contributed by atoms with van der Waals surface area (Å²) in [5.41, 5.74) is 2.30. The van der Waals surface area contributed by atoms with Crippen LogP contribution >= 0.6 is 0 Å². The highest BCUT2D eigenvalue weighted by molar-refractivity contribution is 5.89. The molecule has 2 amide bonds. The maximum atomic E-state index is 12.3. The Bertz CT molecular complexity index is 703. The average Bonchev–Trinajstić information content (AvgIpc) is 3.02. The Hall–Kier alpha value is -2.69. The zero-order valence-corrected chi connectivity index (χ0v) is 14.2. The topological polar surface area (TPSA) is 62.3 Å².